The molecule has 0 aliphatic heterocycles. The van der Waals surface area contributed by atoms with Gasteiger partial charge in [-0.3, -0.25) is 9.59 Å². The van der Waals surface area contributed by atoms with E-state index in [4.69, 9.17) is 4.74 Å². The highest BCUT2D eigenvalue weighted by Gasteiger charge is 2.42. The summed E-state index contributed by atoms with van der Waals surface area (Å²) in [5, 5.41) is 0. The molecule has 0 saturated heterocycles. The Labute approximate surface area is 252 Å². The van der Waals surface area contributed by atoms with Crippen LogP contribution in [0.15, 0.2) is 54.6 Å². The van der Waals surface area contributed by atoms with Gasteiger partial charge in [-0.2, -0.15) is 0 Å². The van der Waals surface area contributed by atoms with Gasteiger partial charge in [0.2, 0.25) is 0 Å². The predicted octanol–water partition coefficient (Wildman–Crippen LogP) is 9.06. The summed E-state index contributed by atoms with van der Waals surface area (Å²) in [5.74, 6) is 4.04. The molecule has 4 heteroatoms. The number of hydrogen-bond donors (Lipinski definition) is 0. The van der Waals surface area contributed by atoms with E-state index in [1.54, 1.807) is 0 Å². The molecule has 2 saturated carbocycles. The summed E-state index contributed by atoms with van der Waals surface area (Å²) in [6, 6.07) is 13.2. The number of fused-ring (bicyclic) bond motifs is 1. The zero-order valence-electron chi connectivity index (χ0n) is 25.2. The summed E-state index contributed by atoms with van der Waals surface area (Å²) >= 11 is 0. The van der Waals surface area contributed by atoms with Crippen molar-refractivity contribution >= 4 is 17.1 Å². The largest absolute Gasteiger partial charge is 0.493 e. The van der Waals surface area contributed by atoms with Crippen molar-refractivity contribution in [3.8, 4) is 5.75 Å². The monoisotopic (exact) mass is 564 g/mol. The van der Waals surface area contributed by atoms with Gasteiger partial charge in [0, 0.05) is 42.9 Å². The van der Waals surface area contributed by atoms with Crippen LogP contribution in [0.5, 0.6) is 5.75 Å². The van der Waals surface area contributed by atoms with E-state index in [1.165, 1.54) is 47.1 Å². The maximum Gasteiger partial charge on any atom is 0.133 e. The molecule has 1 unspecified atom stereocenters. The second-order valence-corrected chi connectivity index (χ2v) is 12.5. The Balaban J connectivity index is 0.00000387. The zero-order chi connectivity index (χ0) is 28.1. The normalized spacial score (nSPS) is 22.9. The number of Topliss-reactive ketones (excluding diaryl/α,β-unsaturated/α-hetero) is 2. The fourth-order valence-electron chi connectivity index (χ4n) is 7.35. The Morgan fingerprint density at radius 2 is 1.76 bits per heavy atom. The Morgan fingerprint density at radius 3 is 2.59 bits per heavy atom. The lowest BCUT2D eigenvalue weighted by atomic mass is 9.88. The molecule has 0 aromatic heterocycles. The number of aryl methyl sites for hydroxylation is 3. The molecular formula is C37H56O4. The molecule has 3 aliphatic carbocycles. The van der Waals surface area contributed by atoms with Crippen LogP contribution in [0, 0.1) is 31.6 Å². The lowest BCUT2D eigenvalue weighted by molar-refractivity contribution is -0.119. The summed E-state index contributed by atoms with van der Waals surface area (Å²) in [4.78, 5) is 24.3. The van der Waals surface area contributed by atoms with Crippen molar-refractivity contribution in [2.24, 2.45) is 17.8 Å². The third-order valence-electron chi connectivity index (χ3n) is 9.54. The number of hydrogen-bond acceptors (Lipinski definition) is 3. The molecule has 0 radical (unpaired) electrons. The van der Waals surface area contributed by atoms with E-state index in [9.17, 15) is 9.59 Å². The molecule has 4 nitrogen and oxygen atoms in total. The molecule has 5 rings (SSSR count). The van der Waals surface area contributed by atoms with Crippen molar-refractivity contribution in [1.82, 2.24) is 0 Å². The Kier molecular flexibility index (Phi) is 10.8. The molecule has 228 valence electrons. The molecule has 2 fully saturated rings. The summed E-state index contributed by atoms with van der Waals surface area (Å²) in [6.07, 6.45) is 17.4. The molecule has 2 aromatic rings. The molecule has 0 spiro atoms. The smallest absolute Gasteiger partial charge is 0.133 e. The molecule has 3 aliphatic rings. The van der Waals surface area contributed by atoms with E-state index >= 15 is 0 Å². The van der Waals surface area contributed by atoms with E-state index in [-0.39, 0.29) is 17.1 Å². The number of ether oxygens (including phenoxy) is 1. The van der Waals surface area contributed by atoms with Crippen LogP contribution in [0.2, 0.25) is 0 Å². The molecule has 4 atom stereocenters. The molecule has 0 amide bonds. The van der Waals surface area contributed by atoms with Crippen LogP contribution in [-0.4, -0.2) is 23.6 Å². The SMILES string of the molecule is CCc1ccc(C)cc1C1C=CC(c2ccc(C)cc2OCCCC(=O)CCCC[C@@H]2CC[C@@H]3CC(=O)C[C@H]23)=C1.O.[HH].[HH].[HH].[HH]. The van der Waals surface area contributed by atoms with Crippen LogP contribution in [0.4, 0.5) is 0 Å². The van der Waals surface area contributed by atoms with Gasteiger partial charge in [-0.05, 0) is 92.0 Å². The van der Waals surface area contributed by atoms with Crippen LogP contribution in [-0.2, 0) is 16.0 Å². The van der Waals surface area contributed by atoms with Gasteiger partial charge in [0.15, 0.2) is 0 Å². The van der Waals surface area contributed by atoms with Gasteiger partial charge in [0.1, 0.15) is 17.3 Å². The van der Waals surface area contributed by atoms with E-state index < -0.39 is 0 Å². The minimum absolute atomic E-state index is 0. The standard InChI is InChI=1S/C37H46O3.H2O.4H2/c1-4-27-13-11-25(2)20-35(27)30-17-16-29(22-30)34-18-12-26(3)21-37(34)40-19-7-10-32(38)9-6-5-8-28-14-15-31-23-33(39)24-36(28)31;;;;;/h11-13,16-18,20-22,28,30-31,36H,4-10,14-15,19,23-24H2,1-3H3;1H2;4*1H/t28-,30?,31-,36-;;;;;/m1...../s1. The first-order valence-corrected chi connectivity index (χ1v) is 15.7. The lowest BCUT2D eigenvalue weighted by Gasteiger charge is -2.17. The molecule has 41 heavy (non-hydrogen) atoms. The van der Waals surface area contributed by atoms with Gasteiger partial charge in [0.25, 0.3) is 0 Å². The second kappa shape index (κ2) is 14.3. The highest BCUT2D eigenvalue weighted by molar-refractivity contribution is 5.82. The van der Waals surface area contributed by atoms with Crippen LogP contribution in [0.25, 0.3) is 5.57 Å². The van der Waals surface area contributed by atoms with Gasteiger partial charge in [0.05, 0.1) is 6.61 Å². The summed E-state index contributed by atoms with van der Waals surface area (Å²) in [5.41, 5.74) is 7.60. The highest BCUT2D eigenvalue weighted by Crippen LogP contribution is 2.48. The summed E-state index contributed by atoms with van der Waals surface area (Å²) in [6.45, 7) is 7.03. The Hall–Kier alpha value is -2.98. The molecule has 0 heterocycles. The fourth-order valence-corrected chi connectivity index (χ4v) is 7.35. The fraction of sp³-hybridized carbons (Fsp3) is 0.514. The minimum atomic E-state index is 0. The van der Waals surface area contributed by atoms with Gasteiger partial charge < -0.3 is 10.2 Å². The van der Waals surface area contributed by atoms with Crippen molar-refractivity contribution in [3.05, 3.63) is 82.4 Å². The van der Waals surface area contributed by atoms with E-state index in [1.807, 2.05) is 0 Å². The third kappa shape index (κ3) is 7.65. The van der Waals surface area contributed by atoms with E-state index in [2.05, 4.69) is 75.4 Å². The van der Waals surface area contributed by atoms with E-state index in [0.29, 0.717) is 48.8 Å². The van der Waals surface area contributed by atoms with Crippen LogP contribution >= 0.6 is 0 Å². The first-order valence-electron chi connectivity index (χ1n) is 15.7. The molecule has 0 bridgehead atoms. The van der Waals surface area contributed by atoms with Crippen LogP contribution in [0.1, 0.15) is 111 Å². The van der Waals surface area contributed by atoms with Gasteiger partial charge in [-0.25, -0.2) is 0 Å². The van der Waals surface area contributed by atoms with Crippen LogP contribution < -0.4 is 4.74 Å². The Morgan fingerprint density at radius 1 is 0.976 bits per heavy atom. The molecular weight excluding hydrogens is 508 g/mol. The number of ketones is 2. The van der Waals surface area contributed by atoms with Crippen molar-refractivity contribution in [2.75, 3.05) is 6.61 Å². The topological polar surface area (TPSA) is 74.9 Å². The summed E-state index contributed by atoms with van der Waals surface area (Å²) in [7, 11) is 0. The van der Waals surface area contributed by atoms with Crippen molar-refractivity contribution in [1.29, 1.82) is 0 Å². The number of carbonyl (C=O) groups is 2. The maximum absolute atomic E-state index is 12.5. The van der Waals surface area contributed by atoms with Gasteiger partial charge in [-0.15, -0.1) is 0 Å². The van der Waals surface area contributed by atoms with E-state index in [0.717, 1.165) is 49.8 Å². The number of rotatable bonds is 13. The van der Waals surface area contributed by atoms with Crippen molar-refractivity contribution in [2.45, 2.75) is 97.3 Å². The zero-order valence-corrected chi connectivity index (χ0v) is 25.2. The quantitative estimate of drug-likeness (QED) is 0.228. The van der Waals surface area contributed by atoms with Crippen molar-refractivity contribution < 1.29 is 25.5 Å². The number of allylic oxidation sites excluding steroid dienone is 4. The third-order valence-corrected chi connectivity index (χ3v) is 9.54. The summed E-state index contributed by atoms with van der Waals surface area (Å²) < 4.78 is 6.27. The number of benzene rings is 2. The molecule has 2 N–H and O–H groups in total. The second-order valence-electron chi connectivity index (χ2n) is 12.5. The minimum Gasteiger partial charge on any atom is -0.493 e. The van der Waals surface area contributed by atoms with Crippen LogP contribution in [0.3, 0.4) is 0 Å². The maximum atomic E-state index is 12.5. The Bertz CT molecular complexity index is 1310. The highest BCUT2D eigenvalue weighted by atomic mass is 16.5. The average Bonchev–Trinajstić information content (AvgIpc) is 3.66. The number of unbranched alkanes of at least 4 members (excludes halogenated alkanes) is 1. The average molecular weight is 565 g/mol. The number of carbonyl (C=O) groups excluding carboxylic acids is 2. The van der Waals surface area contributed by atoms with Gasteiger partial charge >= 0.3 is 0 Å². The lowest BCUT2D eigenvalue weighted by Crippen LogP contribution is -2.10. The first-order chi connectivity index (χ1) is 19.4. The first kappa shape index (κ1) is 31.0. The van der Waals surface area contributed by atoms with Gasteiger partial charge in [-0.1, -0.05) is 73.9 Å². The predicted molar refractivity (Wildman–Crippen MR) is 176 cm³/mol. The molecule has 2 aromatic carbocycles. The van der Waals surface area contributed by atoms with Crippen molar-refractivity contribution in [3.63, 3.8) is 0 Å².